The lowest BCUT2D eigenvalue weighted by Gasteiger charge is -2.35. The zero-order valence-electron chi connectivity index (χ0n) is 11.2. The number of ketones is 1. The molecular weight excluding hydrogens is 254 g/mol. The third-order valence-electron chi connectivity index (χ3n) is 3.10. The average molecular weight is 277 g/mol. The van der Waals surface area contributed by atoms with Gasteiger partial charge in [-0.15, -0.1) is 11.8 Å². The second-order valence-corrected chi connectivity index (χ2v) is 8.33. The van der Waals surface area contributed by atoms with E-state index in [9.17, 15) is 9.00 Å². The Kier molecular flexibility index (Phi) is 5.67. The van der Waals surface area contributed by atoms with Crippen molar-refractivity contribution in [3.8, 4) is 0 Å². The molecule has 3 nitrogen and oxygen atoms in total. The third-order valence-corrected chi connectivity index (χ3v) is 7.35. The summed E-state index contributed by atoms with van der Waals surface area (Å²) in [6, 6.07) is 0. The number of thioether (sulfide) groups is 1. The lowest BCUT2D eigenvalue weighted by Crippen LogP contribution is -2.47. The topological polar surface area (TPSA) is 37.4 Å². The minimum absolute atomic E-state index is 0.0421. The van der Waals surface area contributed by atoms with Crippen molar-refractivity contribution in [3.63, 3.8) is 0 Å². The maximum Gasteiger partial charge on any atom is 0.165 e. The monoisotopic (exact) mass is 277 g/mol. The largest absolute Gasteiger partial charge is 0.309 e. The molecule has 0 spiro atoms. The lowest BCUT2D eigenvalue weighted by atomic mass is 10.0. The van der Waals surface area contributed by atoms with Gasteiger partial charge in [0.1, 0.15) is 4.08 Å². The van der Waals surface area contributed by atoms with Crippen LogP contribution in [-0.2, 0) is 15.6 Å². The highest BCUT2D eigenvalue weighted by atomic mass is 32.2. The molecule has 1 fully saturated rings. The van der Waals surface area contributed by atoms with Crippen molar-refractivity contribution in [2.24, 2.45) is 5.92 Å². The second-order valence-electron chi connectivity index (χ2n) is 4.89. The fourth-order valence-electron chi connectivity index (χ4n) is 2.28. The molecule has 3 atom stereocenters. The van der Waals surface area contributed by atoms with E-state index in [1.165, 1.54) is 0 Å². The van der Waals surface area contributed by atoms with Crippen molar-refractivity contribution in [1.82, 2.24) is 4.90 Å². The van der Waals surface area contributed by atoms with E-state index < -0.39 is 14.9 Å². The molecule has 5 heteroatoms. The molecule has 17 heavy (non-hydrogen) atoms. The van der Waals surface area contributed by atoms with Crippen LogP contribution in [0.15, 0.2) is 0 Å². The van der Waals surface area contributed by atoms with Crippen LogP contribution in [-0.4, -0.2) is 51.1 Å². The van der Waals surface area contributed by atoms with Crippen LogP contribution in [0, 0.1) is 5.92 Å². The molecule has 1 heterocycles. The average Bonchev–Trinajstić information content (AvgIpc) is 2.28. The number of rotatable bonds is 5. The molecule has 0 bridgehead atoms. The molecule has 1 saturated heterocycles. The molecule has 100 valence electrons. The van der Waals surface area contributed by atoms with Gasteiger partial charge in [0, 0.05) is 29.0 Å². The van der Waals surface area contributed by atoms with E-state index in [0.29, 0.717) is 12.2 Å². The van der Waals surface area contributed by atoms with Crippen molar-refractivity contribution in [1.29, 1.82) is 0 Å². The highest BCUT2D eigenvalue weighted by Crippen LogP contribution is 2.40. The van der Waals surface area contributed by atoms with Gasteiger partial charge >= 0.3 is 0 Å². The van der Waals surface area contributed by atoms with E-state index in [4.69, 9.17) is 0 Å². The standard InChI is InChI=1S/C12H23NO2S2/c1-5-12(16-7-6-8-17(12)15)11(14)10(2)9-13(3)4/h10H,5-9H2,1-4H3/t10-,12+,17?/m1/s1. The van der Waals surface area contributed by atoms with E-state index in [-0.39, 0.29) is 11.7 Å². The van der Waals surface area contributed by atoms with E-state index in [0.717, 1.165) is 18.7 Å². The van der Waals surface area contributed by atoms with Crippen LogP contribution in [0.5, 0.6) is 0 Å². The highest BCUT2D eigenvalue weighted by Gasteiger charge is 2.46. The number of Topliss-reactive ketones (excluding diaryl/α,β-unsaturated/α-hetero) is 1. The Hall–Kier alpha value is 0.130. The van der Waals surface area contributed by atoms with Crippen LogP contribution in [0.1, 0.15) is 26.7 Å². The molecule has 0 aromatic carbocycles. The van der Waals surface area contributed by atoms with Crippen molar-refractivity contribution in [3.05, 3.63) is 0 Å². The summed E-state index contributed by atoms with van der Waals surface area (Å²) in [6.07, 6.45) is 1.65. The minimum atomic E-state index is -1.01. The molecule has 0 N–H and O–H groups in total. The number of hydrogen-bond acceptors (Lipinski definition) is 4. The van der Waals surface area contributed by atoms with Crippen LogP contribution in [0.3, 0.4) is 0 Å². The number of hydrogen-bond donors (Lipinski definition) is 0. The van der Waals surface area contributed by atoms with Gasteiger partial charge in [-0.05, 0) is 32.7 Å². The van der Waals surface area contributed by atoms with Gasteiger partial charge in [0.05, 0.1) is 0 Å². The van der Waals surface area contributed by atoms with E-state index in [1.54, 1.807) is 11.8 Å². The molecule has 0 aromatic heterocycles. The summed E-state index contributed by atoms with van der Waals surface area (Å²) < 4.78 is 11.6. The first-order chi connectivity index (χ1) is 7.94. The maximum absolute atomic E-state index is 12.6. The summed E-state index contributed by atoms with van der Waals surface area (Å²) in [7, 11) is 2.92. The lowest BCUT2D eigenvalue weighted by molar-refractivity contribution is -0.123. The smallest absolute Gasteiger partial charge is 0.165 e. The van der Waals surface area contributed by atoms with Crippen molar-refractivity contribution < 1.29 is 9.00 Å². The summed E-state index contributed by atoms with van der Waals surface area (Å²) >= 11 is 1.61. The zero-order valence-corrected chi connectivity index (χ0v) is 12.8. The number of carbonyl (C=O) groups excluding carboxylic acids is 1. The molecule has 1 rings (SSSR count). The molecular formula is C12H23NO2S2. The van der Waals surface area contributed by atoms with E-state index in [2.05, 4.69) is 0 Å². The van der Waals surface area contributed by atoms with Crippen LogP contribution >= 0.6 is 11.8 Å². The molecule has 0 aromatic rings. The Morgan fingerprint density at radius 2 is 2.18 bits per heavy atom. The normalized spacial score (nSPS) is 31.5. The van der Waals surface area contributed by atoms with Gasteiger partial charge in [-0.25, -0.2) is 0 Å². The minimum Gasteiger partial charge on any atom is -0.309 e. The molecule has 1 aliphatic rings. The van der Waals surface area contributed by atoms with Gasteiger partial charge in [-0.1, -0.05) is 13.8 Å². The van der Waals surface area contributed by atoms with Crippen LogP contribution < -0.4 is 0 Å². The quantitative estimate of drug-likeness (QED) is 0.767. The summed E-state index contributed by atoms with van der Waals surface area (Å²) in [5.41, 5.74) is 0. The summed E-state index contributed by atoms with van der Waals surface area (Å²) in [6.45, 7) is 4.67. The van der Waals surface area contributed by atoms with Gasteiger partial charge in [-0.2, -0.15) is 0 Å². The Labute approximate surface area is 111 Å². The first-order valence-electron chi connectivity index (χ1n) is 6.15. The van der Waals surface area contributed by atoms with Gasteiger partial charge in [-0.3, -0.25) is 9.00 Å². The predicted octanol–water partition coefficient (Wildman–Crippen LogP) is 1.75. The molecule has 0 radical (unpaired) electrons. The third kappa shape index (κ3) is 3.32. The van der Waals surface area contributed by atoms with Crippen molar-refractivity contribution in [2.75, 3.05) is 32.1 Å². The predicted molar refractivity (Wildman–Crippen MR) is 75.8 cm³/mol. The Balaban J connectivity index is 2.85. The summed E-state index contributed by atoms with van der Waals surface area (Å²) in [5.74, 6) is 1.78. The molecule has 0 amide bonds. The number of nitrogens with zero attached hydrogens (tertiary/aromatic N) is 1. The van der Waals surface area contributed by atoms with Crippen LogP contribution in [0.25, 0.3) is 0 Å². The Bertz CT molecular complexity index is 307. The van der Waals surface area contributed by atoms with Gasteiger partial charge in [0.2, 0.25) is 0 Å². The maximum atomic E-state index is 12.6. The fourth-order valence-corrected chi connectivity index (χ4v) is 6.14. The van der Waals surface area contributed by atoms with E-state index in [1.807, 2.05) is 32.8 Å². The molecule has 0 saturated carbocycles. The Morgan fingerprint density at radius 1 is 1.53 bits per heavy atom. The summed E-state index contributed by atoms with van der Waals surface area (Å²) in [5, 5.41) is 0. The zero-order chi connectivity index (χ0) is 13.1. The molecule has 1 aliphatic heterocycles. The van der Waals surface area contributed by atoms with Crippen molar-refractivity contribution in [2.45, 2.75) is 30.8 Å². The first kappa shape index (κ1) is 15.2. The second kappa shape index (κ2) is 6.34. The van der Waals surface area contributed by atoms with Gasteiger partial charge in [0.15, 0.2) is 5.78 Å². The summed E-state index contributed by atoms with van der Waals surface area (Å²) in [4.78, 5) is 14.6. The van der Waals surface area contributed by atoms with Crippen molar-refractivity contribution >= 4 is 28.3 Å². The molecule has 0 aliphatic carbocycles. The number of carbonyl (C=O) groups is 1. The van der Waals surface area contributed by atoms with E-state index >= 15 is 0 Å². The first-order valence-corrected chi connectivity index (χ1v) is 8.46. The van der Waals surface area contributed by atoms with Crippen LogP contribution in [0.4, 0.5) is 0 Å². The fraction of sp³-hybridized carbons (Fsp3) is 0.917. The Morgan fingerprint density at radius 3 is 2.65 bits per heavy atom. The molecule has 1 unspecified atom stereocenters. The SMILES string of the molecule is CC[C@]1(C(=O)[C@H](C)CN(C)C)SCCCS1=O. The van der Waals surface area contributed by atoms with Gasteiger partial charge in [0.25, 0.3) is 0 Å². The highest BCUT2D eigenvalue weighted by molar-refractivity contribution is 8.14. The van der Waals surface area contributed by atoms with Crippen LogP contribution in [0.2, 0.25) is 0 Å². The van der Waals surface area contributed by atoms with Gasteiger partial charge < -0.3 is 4.90 Å².